The predicted octanol–water partition coefficient (Wildman–Crippen LogP) is -0.211. The van der Waals surface area contributed by atoms with Crippen LogP contribution >= 0.6 is 0 Å². The second kappa shape index (κ2) is 9.28. The van der Waals surface area contributed by atoms with Crippen molar-refractivity contribution in [1.29, 1.82) is 0 Å². The number of nitrogens with zero attached hydrogens (tertiary/aromatic N) is 1. The monoisotopic (exact) mass is 371 g/mol. The minimum atomic E-state index is -3.54. The molecular weight excluding hydrogens is 344 g/mol. The number of hydrogen-bond acceptors (Lipinski definition) is 5. The van der Waals surface area contributed by atoms with Crippen LogP contribution in [0.25, 0.3) is 0 Å². The number of likely N-dealkylation sites (N-methyl/N-ethyl adjacent to an activating group) is 1. The van der Waals surface area contributed by atoms with Gasteiger partial charge >= 0.3 is 5.97 Å². The Morgan fingerprint density at radius 2 is 1.76 bits per heavy atom. The summed E-state index contributed by atoms with van der Waals surface area (Å²) in [5, 5.41) is 0. The summed E-state index contributed by atoms with van der Waals surface area (Å²) in [6.07, 6.45) is 0. The van der Waals surface area contributed by atoms with E-state index in [1.165, 1.54) is 33.5 Å². The highest BCUT2D eigenvalue weighted by Gasteiger charge is 2.26. The van der Waals surface area contributed by atoms with E-state index >= 15 is 0 Å². The zero-order valence-corrected chi connectivity index (χ0v) is 15.7. The molecule has 0 bridgehead atoms. The molecule has 25 heavy (non-hydrogen) atoms. The molecule has 0 unspecified atom stereocenters. The van der Waals surface area contributed by atoms with Crippen LogP contribution in [0.4, 0.5) is 0 Å². The van der Waals surface area contributed by atoms with Crippen molar-refractivity contribution in [2.75, 3.05) is 52.5 Å². The van der Waals surface area contributed by atoms with E-state index in [4.69, 9.17) is 9.47 Å². The summed E-state index contributed by atoms with van der Waals surface area (Å²) < 4.78 is 36.9. The number of nitrogens with one attached hydrogen (secondary N) is 1. The number of quaternary nitrogens is 1. The Balaban J connectivity index is 1.95. The summed E-state index contributed by atoms with van der Waals surface area (Å²) in [5.74, 6) is -0.429. The first-order valence-corrected chi connectivity index (χ1v) is 10.1. The first kappa shape index (κ1) is 19.8. The Morgan fingerprint density at radius 1 is 1.16 bits per heavy atom. The number of morpholine rings is 1. The Hall–Kier alpha value is -1.48. The van der Waals surface area contributed by atoms with Crippen LogP contribution in [0, 0.1) is 0 Å². The maximum absolute atomic E-state index is 12.5. The SMILES string of the molecule is CC[NH+](CC)CCOC(=O)c1ccc(S(=O)(=O)N2CCOCC2)cc1. The molecule has 1 heterocycles. The number of sulfonamides is 1. The minimum Gasteiger partial charge on any atom is -0.456 e. The van der Waals surface area contributed by atoms with Gasteiger partial charge in [-0.1, -0.05) is 0 Å². The van der Waals surface area contributed by atoms with E-state index in [0.717, 1.165) is 19.6 Å². The molecule has 0 aliphatic carbocycles. The van der Waals surface area contributed by atoms with Gasteiger partial charge in [0.05, 0.1) is 36.8 Å². The number of esters is 1. The summed E-state index contributed by atoms with van der Waals surface area (Å²) in [6, 6.07) is 5.91. The normalized spacial score (nSPS) is 16.1. The van der Waals surface area contributed by atoms with Crippen molar-refractivity contribution < 1.29 is 27.6 Å². The van der Waals surface area contributed by atoms with E-state index in [9.17, 15) is 13.2 Å². The molecule has 1 aliphatic rings. The number of hydrogen-bond donors (Lipinski definition) is 1. The van der Waals surface area contributed by atoms with Crippen LogP contribution in [0.3, 0.4) is 0 Å². The van der Waals surface area contributed by atoms with E-state index in [2.05, 4.69) is 13.8 Å². The van der Waals surface area contributed by atoms with Crippen LogP contribution in [0.2, 0.25) is 0 Å². The summed E-state index contributed by atoms with van der Waals surface area (Å²) in [4.78, 5) is 13.6. The molecule has 1 saturated heterocycles. The van der Waals surface area contributed by atoms with E-state index in [0.29, 0.717) is 38.5 Å². The van der Waals surface area contributed by atoms with Crippen molar-refractivity contribution in [1.82, 2.24) is 4.31 Å². The molecule has 140 valence electrons. The Bertz CT molecular complexity index is 650. The second-order valence-corrected chi connectivity index (χ2v) is 7.82. The fourth-order valence-electron chi connectivity index (χ4n) is 2.67. The molecule has 0 radical (unpaired) electrons. The fraction of sp³-hybridized carbons (Fsp3) is 0.588. The van der Waals surface area contributed by atoms with Crippen LogP contribution in [-0.4, -0.2) is 71.2 Å². The third kappa shape index (κ3) is 5.24. The first-order chi connectivity index (χ1) is 12.0. The smallest absolute Gasteiger partial charge is 0.338 e. The van der Waals surface area contributed by atoms with Gasteiger partial charge in [0, 0.05) is 13.1 Å². The lowest BCUT2D eigenvalue weighted by Crippen LogP contribution is -3.11. The van der Waals surface area contributed by atoms with Crippen molar-refractivity contribution >= 4 is 16.0 Å². The molecule has 1 N–H and O–H groups in total. The molecule has 0 aromatic heterocycles. The van der Waals surface area contributed by atoms with Crippen molar-refractivity contribution in [2.24, 2.45) is 0 Å². The average molecular weight is 371 g/mol. The quantitative estimate of drug-likeness (QED) is 0.640. The van der Waals surface area contributed by atoms with Crippen molar-refractivity contribution in [3.8, 4) is 0 Å². The van der Waals surface area contributed by atoms with Gasteiger partial charge in [-0.2, -0.15) is 4.31 Å². The largest absolute Gasteiger partial charge is 0.456 e. The molecule has 0 saturated carbocycles. The predicted molar refractivity (Wildman–Crippen MR) is 93.2 cm³/mol. The van der Waals surface area contributed by atoms with Gasteiger partial charge in [-0.3, -0.25) is 0 Å². The highest BCUT2D eigenvalue weighted by atomic mass is 32.2. The van der Waals surface area contributed by atoms with Crippen LogP contribution in [0.5, 0.6) is 0 Å². The molecule has 1 aromatic rings. The molecule has 1 aromatic carbocycles. The van der Waals surface area contributed by atoms with Gasteiger partial charge in [0.25, 0.3) is 0 Å². The van der Waals surface area contributed by atoms with Gasteiger partial charge < -0.3 is 14.4 Å². The van der Waals surface area contributed by atoms with Gasteiger partial charge in [0.2, 0.25) is 10.0 Å². The molecule has 1 fully saturated rings. The molecule has 8 heteroatoms. The number of benzene rings is 1. The van der Waals surface area contributed by atoms with E-state index in [-0.39, 0.29) is 4.90 Å². The molecule has 0 atom stereocenters. The summed E-state index contributed by atoms with van der Waals surface area (Å²) in [6.45, 7) is 8.77. The first-order valence-electron chi connectivity index (χ1n) is 8.67. The summed E-state index contributed by atoms with van der Waals surface area (Å²) >= 11 is 0. The zero-order valence-electron chi connectivity index (χ0n) is 14.9. The number of ether oxygens (including phenoxy) is 2. The average Bonchev–Trinajstić information content (AvgIpc) is 2.66. The topological polar surface area (TPSA) is 77.3 Å². The lowest BCUT2D eigenvalue weighted by molar-refractivity contribution is -0.896. The molecule has 7 nitrogen and oxygen atoms in total. The fourth-order valence-corrected chi connectivity index (χ4v) is 4.08. The third-order valence-electron chi connectivity index (χ3n) is 4.39. The van der Waals surface area contributed by atoms with E-state index in [1.807, 2.05) is 0 Å². The maximum atomic E-state index is 12.5. The molecule has 1 aliphatic heterocycles. The molecule has 0 spiro atoms. The molecular formula is C17H27N2O5S+. The van der Waals surface area contributed by atoms with Crippen molar-refractivity contribution in [3.05, 3.63) is 29.8 Å². The van der Waals surface area contributed by atoms with Gasteiger partial charge in [-0.25, -0.2) is 13.2 Å². The lowest BCUT2D eigenvalue weighted by atomic mass is 10.2. The van der Waals surface area contributed by atoms with Crippen LogP contribution in [0.1, 0.15) is 24.2 Å². The van der Waals surface area contributed by atoms with Crippen molar-refractivity contribution in [2.45, 2.75) is 18.7 Å². The summed E-state index contributed by atoms with van der Waals surface area (Å²) in [5.41, 5.74) is 0.357. The van der Waals surface area contributed by atoms with Gasteiger partial charge in [0.15, 0.2) is 0 Å². The Labute approximate surface area is 149 Å². The van der Waals surface area contributed by atoms with Crippen LogP contribution in [-0.2, 0) is 19.5 Å². The van der Waals surface area contributed by atoms with E-state index in [1.54, 1.807) is 0 Å². The highest BCUT2D eigenvalue weighted by molar-refractivity contribution is 7.89. The van der Waals surface area contributed by atoms with Gasteiger partial charge in [0.1, 0.15) is 13.2 Å². The van der Waals surface area contributed by atoms with Gasteiger partial charge in [-0.15, -0.1) is 0 Å². The van der Waals surface area contributed by atoms with Crippen LogP contribution < -0.4 is 4.90 Å². The van der Waals surface area contributed by atoms with Crippen molar-refractivity contribution in [3.63, 3.8) is 0 Å². The van der Waals surface area contributed by atoms with Gasteiger partial charge in [-0.05, 0) is 38.1 Å². The molecule has 2 rings (SSSR count). The summed E-state index contributed by atoms with van der Waals surface area (Å²) in [7, 11) is -3.54. The lowest BCUT2D eigenvalue weighted by Gasteiger charge is -2.26. The zero-order chi connectivity index (χ0) is 18.3. The minimum absolute atomic E-state index is 0.179. The maximum Gasteiger partial charge on any atom is 0.338 e. The van der Waals surface area contributed by atoms with E-state index < -0.39 is 16.0 Å². The Morgan fingerprint density at radius 3 is 2.32 bits per heavy atom. The molecule has 0 amide bonds. The van der Waals surface area contributed by atoms with Crippen LogP contribution in [0.15, 0.2) is 29.2 Å². The Kier molecular flexibility index (Phi) is 7.37. The third-order valence-corrected chi connectivity index (χ3v) is 6.30. The number of rotatable bonds is 8. The number of carbonyl (C=O) groups excluding carboxylic acids is 1. The number of carbonyl (C=O) groups is 1. The highest BCUT2D eigenvalue weighted by Crippen LogP contribution is 2.18. The second-order valence-electron chi connectivity index (χ2n) is 5.88. The standard InChI is InChI=1S/C17H26N2O5S/c1-3-18(4-2)9-14-24-17(20)15-5-7-16(8-6-15)25(21,22)19-10-12-23-13-11-19/h5-8H,3-4,9-14H2,1-2H3/p+1.